The quantitative estimate of drug-likeness (QED) is 0.202. The highest BCUT2D eigenvalue weighted by Crippen LogP contribution is 2.53. The Morgan fingerprint density at radius 2 is 1.23 bits per heavy atom. The van der Waals surface area contributed by atoms with E-state index < -0.39 is 69.3 Å². The van der Waals surface area contributed by atoms with Gasteiger partial charge in [-0.15, -0.1) is 0 Å². The van der Waals surface area contributed by atoms with Gasteiger partial charge in [0.05, 0.1) is 5.56 Å². The Hall–Kier alpha value is -3.17. The fraction of sp³-hybridized carbons (Fsp3) is 0.400. The summed E-state index contributed by atoms with van der Waals surface area (Å²) in [4.78, 5) is 0. The number of rotatable bonds is 7. The molecule has 40 heavy (non-hydrogen) atoms. The van der Waals surface area contributed by atoms with Gasteiger partial charge in [-0.25, -0.2) is 30.7 Å². The van der Waals surface area contributed by atoms with Crippen LogP contribution >= 0.6 is 0 Å². The van der Waals surface area contributed by atoms with Gasteiger partial charge in [0.15, 0.2) is 17.5 Å². The van der Waals surface area contributed by atoms with Crippen LogP contribution in [-0.4, -0.2) is 0 Å². The summed E-state index contributed by atoms with van der Waals surface area (Å²) in [6, 6.07) is 3.01. The average Bonchev–Trinajstić information content (AvgIpc) is 3.40. The Morgan fingerprint density at radius 3 is 1.73 bits per heavy atom. The van der Waals surface area contributed by atoms with Gasteiger partial charge >= 0.3 is 6.11 Å². The second-order valence-electron chi connectivity index (χ2n) is 10.8. The molecule has 2 aliphatic carbocycles. The third-order valence-corrected chi connectivity index (χ3v) is 8.17. The van der Waals surface area contributed by atoms with Gasteiger partial charge in [-0.1, -0.05) is 19.8 Å². The smallest absolute Gasteiger partial charge is 0.429 e. The lowest BCUT2D eigenvalue weighted by Gasteiger charge is -2.20. The number of hydrogen-bond donors (Lipinski definition) is 0. The number of fused-ring (bicyclic) bond motifs is 1. The van der Waals surface area contributed by atoms with Crippen LogP contribution in [-0.2, 0) is 6.11 Å². The first-order chi connectivity index (χ1) is 18.9. The van der Waals surface area contributed by atoms with Crippen LogP contribution in [0.1, 0.15) is 62.5 Å². The van der Waals surface area contributed by atoms with Crippen LogP contribution in [0.4, 0.5) is 39.5 Å². The van der Waals surface area contributed by atoms with Gasteiger partial charge in [-0.3, -0.25) is 0 Å². The summed E-state index contributed by atoms with van der Waals surface area (Å²) in [7, 11) is 0. The summed E-state index contributed by atoms with van der Waals surface area (Å²) in [6.07, 6.45) is 1.27. The lowest BCUT2D eigenvalue weighted by Crippen LogP contribution is -2.25. The Kier molecular flexibility index (Phi) is 7.56. The SMILES string of the molecule is CCCC1CC2CC(c3cc(F)c(-c4cc(F)c(C(F)(F)Oc5cc(F)c(F)c(F)c5)c(F)c4)c(F)c3)CC2C1. The highest BCUT2D eigenvalue weighted by molar-refractivity contribution is 5.66. The number of benzene rings is 3. The van der Waals surface area contributed by atoms with E-state index in [0.717, 1.165) is 44.2 Å². The molecule has 0 spiro atoms. The molecular weight excluding hydrogens is 547 g/mol. The monoisotopic (exact) mass is 572 g/mol. The molecule has 0 saturated heterocycles. The standard InChI is InChI=1S/C30H25F9O/c1-2-3-14-4-15-6-17(7-16(15)5-14)18-8-21(31)27(22(32)9-18)19-10-23(33)28(24(34)11-19)30(38,39)40-20-12-25(35)29(37)26(36)13-20/h8-17H,2-7H2,1H3. The van der Waals surface area contributed by atoms with E-state index >= 15 is 8.78 Å². The van der Waals surface area contributed by atoms with Crippen LogP contribution in [0.25, 0.3) is 11.1 Å². The predicted molar refractivity (Wildman–Crippen MR) is 129 cm³/mol. The molecule has 0 aromatic heterocycles. The van der Waals surface area contributed by atoms with Crippen molar-refractivity contribution in [2.45, 2.75) is 57.5 Å². The minimum absolute atomic E-state index is 0.0524. The molecule has 2 unspecified atom stereocenters. The number of halogens is 9. The minimum atomic E-state index is -4.82. The summed E-state index contributed by atoms with van der Waals surface area (Å²) in [6.45, 7) is 2.15. The zero-order chi connectivity index (χ0) is 28.9. The lowest BCUT2D eigenvalue weighted by atomic mass is 9.89. The van der Waals surface area contributed by atoms with Crippen molar-refractivity contribution in [2.75, 3.05) is 0 Å². The maximum Gasteiger partial charge on any atom is 0.432 e. The molecule has 10 heteroatoms. The molecule has 5 rings (SSSR count). The molecule has 0 heterocycles. The van der Waals surface area contributed by atoms with Gasteiger partial charge in [0, 0.05) is 12.1 Å². The Labute approximate surface area is 225 Å². The topological polar surface area (TPSA) is 9.23 Å². The molecule has 2 atom stereocenters. The van der Waals surface area contributed by atoms with Gasteiger partial charge in [0.1, 0.15) is 34.6 Å². The Bertz CT molecular complexity index is 1350. The van der Waals surface area contributed by atoms with Gasteiger partial charge in [-0.05, 0) is 84.7 Å². The van der Waals surface area contributed by atoms with E-state index in [9.17, 15) is 30.7 Å². The van der Waals surface area contributed by atoms with Crippen LogP contribution in [0.15, 0.2) is 36.4 Å². The number of hydrogen-bond acceptors (Lipinski definition) is 1. The first-order valence-electron chi connectivity index (χ1n) is 13.1. The molecule has 0 radical (unpaired) electrons. The van der Waals surface area contributed by atoms with Crippen molar-refractivity contribution >= 4 is 0 Å². The second kappa shape index (κ2) is 10.7. The fourth-order valence-corrected chi connectivity index (χ4v) is 6.55. The van der Waals surface area contributed by atoms with Crippen molar-refractivity contribution in [3.63, 3.8) is 0 Å². The largest absolute Gasteiger partial charge is 0.432 e. The molecule has 0 aliphatic heterocycles. The first-order valence-corrected chi connectivity index (χ1v) is 13.1. The minimum Gasteiger partial charge on any atom is -0.429 e. The molecule has 0 N–H and O–H groups in total. The molecule has 0 bridgehead atoms. The number of alkyl halides is 2. The van der Waals surface area contributed by atoms with Crippen molar-refractivity contribution in [3.05, 3.63) is 88.2 Å². The van der Waals surface area contributed by atoms with Crippen molar-refractivity contribution in [1.29, 1.82) is 0 Å². The summed E-state index contributed by atoms with van der Waals surface area (Å²) in [5.41, 5.74) is -2.98. The molecule has 214 valence electrons. The maximum atomic E-state index is 15.1. The van der Waals surface area contributed by atoms with Gasteiger partial charge in [0.2, 0.25) is 0 Å². The molecular formula is C30H25F9O. The van der Waals surface area contributed by atoms with Crippen LogP contribution < -0.4 is 4.74 Å². The maximum absolute atomic E-state index is 15.1. The van der Waals surface area contributed by atoms with Crippen molar-refractivity contribution in [3.8, 4) is 16.9 Å². The van der Waals surface area contributed by atoms with Crippen LogP contribution in [0.5, 0.6) is 5.75 Å². The van der Waals surface area contributed by atoms with Gasteiger partial charge in [-0.2, -0.15) is 8.78 Å². The molecule has 2 fully saturated rings. The van der Waals surface area contributed by atoms with Crippen molar-refractivity contribution < 1.29 is 44.3 Å². The third-order valence-electron chi connectivity index (χ3n) is 8.17. The van der Waals surface area contributed by atoms with E-state index in [1.165, 1.54) is 6.42 Å². The molecule has 0 amide bonds. The highest BCUT2D eigenvalue weighted by atomic mass is 19.3. The van der Waals surface area contributed by atoms with Crippen LogP contribution in [0.2, 0.25) is 0 Å². The van der Waals surface area contributed by atoms with Gasteiger partial charge in [0.25, 0.3) is 0 Å². The Balaban J connectivity index is 1.39. The predicted octanol–water partition coefficient (Wildman–Crippen LogP) is 9.78. The van der Waals surface area contributed by atoms with Crippen molar-refractivity contribution in [2.24, 2.45) is 17.8 Å². The van der Waals surface area contributed by atoms with E-state index in [2.05, 4.69) is 11.7 Å². The highest BCUT2D eigenvalue weighted by Gasteiger charge is 2.43. The summed E-state index contributed by atoms with van der Waals surface area (Å²) < 4.78 is 133. The lowest BCUT2D eigenvalue weighted by molar-refractivity contribution is -0.189. The summed E-state index contributed by atoms with van der Waals surface area (Å²) in [5.74, 6) is -11.3. The first kappa shape index (κ1) is 28.4. The van der Waals surface area contributed by atoms with E-state index in [-0.39, 0.29) is 18.1 Å². The Morgan fingerprint density at radius 1 is 0.700 bits per heavy atom. The second-order valence-corrected chi connectivity index (χ2v) is 10.8. The van der Waals surface area contributed by atoms with E-state index in [4.69, 9.17) is 0 Å². The van der Waals surface area contributed by atoms with Crippen molar-refractivity contribution in [1.82, 2.24) is 0 Å². The average molecular weight is 573 g/mol. The van der Waals surface area contributed by atoms with Crippen LogP contribution in [0.3, 0.4) is 0 Å². The molecule has 3 aromatic rings. The summed E-state index contributed by atoms with van der Waals surface area (Å²) >= 11 is 0. The third kappa shape index (κ3) is 5.29. The summed E-state index contributed by atoms with van der Waals surface area (Å²) in [5, 5.41) is 0. The van der Waals surface area contributed by atoms with Crippen LogP contribution in [0, 0.1) is 58.5 Å². The zero-order valence-electron chi connectivity index (χ0n) is 21.3. The van der Waals surface area contributed by atoms with E-state index in [1.807, 2.05) is 0 Å². The normalized spacial score (nSPS) is 22.6. The number of ether oxygens (including phenoxy) is 1. The fourth-order valence-electron chi connectivity index (χ4n) is 6.55. The zero-order valence-corrected chi connectivity index (χ0v) is 21.3. The van der Waals surface area contributed by atoms with Gasteiger partial charge < -0.3 is 4.74 Å². The molecule has 2 aliphatic rings. The molecule has 2 saturated carbocycles. The molecule has 1 nitrogen and oxygen atoms in total. The van der Waals surface area contributed by atoms with E-state index in [1.54, 1.807) is 0 Å². The van der Waals surface area contributed by atoms with E-state index in [0.29, 0.717) is 35.4 Å². The molecule has 3 aromatic carbocycles.